The van der Waals surface area contributed by atoms with Crippen molar-refractivity contribution in [1.82, 2.24) is 19.9 Å². The van der Waals surface area contributed by atoms with Crippen molar-refractivity contribution < 1.29 is 0 Å². The molecule has 2 N–H and O–H groups in total. The monoisotopic (exact) mass is 946 g/mol. The van der Waals surface area contributed by atoms with E-state index in [1.807, 2.05) is 36.4 Å². The SMILES string of the molecule is C(=Cc1ccc(N(c2ccc3c(-c4nc5ccccc5[nH]4)cccc3c2)c2ccc3c(-c4nc5ccccc5[nH]4)cccc3c2)cc1)c1ccc(N(c2ccc3ccccc3c2)c2ccc3ccccc3c2)cc1. The lowest BCUT2D eigenvalue weighted by molar-refractivity contribution is 1.29. The maximum Gasteiger partial charge on any atom is 0.139 e. The molecule has 14 aromatic rings. The predicted molar refractivity (Wildman–Crippen MR) is 311 cm³/mol. The molecule has 2 aromatic heterocycles. The van der Waals surface area contributed by atoms with E-state index in [-0.39, 0.29) is 0 Å². The first-order valence-electron chi connectivity index (χ1n) is 25.0. The molecule has 0 unspecified atom stereocenters. The van der Waals surface area contributed by atoms with E-state index in [0.29, 0.717) is 0 Å². The second-order valence-corrected chi connectivity index (χ2v) is 18.9. The van der Waals surface area contributed by atoms with Crippen molar-refractivity contribution >= 4 is 111 Å². The molecular formula is C68H46N6. The number of benzene rings is 12. The minimum Gasteiger partial charge on any atom is -0.338 e. The molecular weight excluding hydrogens is 901 g/mol. The van der Waals surface area contributed by atoms with E-state index < -0.39 is 0 Å². The minimum atomic E-state index is 0.861. The molecule has 6 nitrogen and oxygen atoms in total. The van der Waals surface area contributed by atoms with Gasteiger partial charge in [0.15, 0.2) is 0 Å². The highest BCUT2D eigenvalue weighted by molar-refractivity contribution is 6.02. The number of aromatic amines is 2. The van der Waals surface area contributed by atoms with Gasteiger partial charge in [0.1, 0.15) is 11.6 Å². The Labute approximate surface area is 427 Å². The van der Waals surface area contributed by atoms with Crippen LogP contribution in [0.4, 0.5) is 34.1 Å². The van der Waals surface area contributed by atoms with Crippen LogP contribution in [0.15, 0.2) is 255 Å². The summed E-state index contributed by atoms with van der Waals surface area (Å²) in [6.45, 7) is 0. The Morgan fingerprint density at radius 1 is 0.284 bits per heavy atom. The van der Waals surface area contributed by atoms with Gasteiger partial charge < -0.3 is 19.8 Å². The fourth-order valence-corrected chi connectivity index (χ4v) is 10.6. The number of aromatic nitrogens is 4. The Hall–Kier alpha value is -10.0. The number of nitrogens with one attached hydrogen (secondary N) is 2. The first-order chi connectivity index (χ1) is 36.6. The van der Waals surface area contributed by atoms with Gasteiger partial charge in [-0.05, 0) is 151 Å². The molecule has 2 heterocycles. The van der Waals surface area contributed by atoms with E-state index in [1.54, 1.807) is 0 Å². The fraction of sp³-hybridized carbons (Fsp3) is 0. The van der Waals surface area contributed by atoms with Crippen LogP contribution in [-0.4, -0.2) is 19.9 Å². The van der Waals surface area contributed by atoms with E-state index in [1.165, 1.54) is 21.5 Å². The van der Waals surface area contributed by atoms with Crippen LogP contribution < -0.4 is 9.80 Å². The van der Waals surface area contributed by atoms with Crippen molar-refractivity contribution in [3.63, 3.8) is 0 Å². The maximum absolute atomic E-state index is 4.97. The molecule has 0 aliphatic heterocycles. The average molecular weight is 947 g/mol. The molecule has 0 atom stereocenters. The number of hydrogen-bond donors (Lipinski definition) is 2. The molecule has 0 amide bonds. The molecule has 0 saturated heterocycles. The lowest BCUT2D eigenvalue weighted by atomic mass is 10.0. The third-order valence-corrected chi connectivity index (χ3v) is 14.3. The fourth-order valence-electron chi connectivity index (χ4n) is 10.6. The number of imidazole rings is 2. The van der Waals surface area contributed by atoms with Crippen molar-refractivity contribution in [2.24, 2.45) is 0 Å². The summed E-state index contributed by atoms with van der Waals surface area (Å²) in [6.07, 6.45) is 4.39. The van der Waals surface area contributed by atoms with Gasteiger partial charge in [-0.15, -0.1) is 0 Å². The lowest BCUT2D eigenvalue weighted by Gasteiger charge is -2.26. The van der Waals surface area contributed by atoms with E-state index in [9.17, 15) is 0 Å². The number of para-hydroxylation sites is 4. The van der Waals surface area contributed by atoms with Crippen LogP contribution in [0.1, 0.15) is 11.1 Å². The quantitative estimate of drug-likeness (QED) is 0.134. The summed E-state index contributed by atoms with van der Waals surface area (Å²) in [6, 6.07) is 91.0. The molecule has 0 aliphatic rings. The Kier molecular flexibility index (Phi) is 10.4. The second-order valence-electron chi connectivity index (χ2n) is 18.9. The first-order valence-corrected chi connectivity index (χ1v) is 25.0. The summed E-state index contributed by atoms with van der Waals surface area (Å²) >= 11 is 0. The zero-order valence-electron chi connectivity index (χ0n) is 40.2. The molecule has 6 heteroatoms. The van der Waals surface area contributed by atoms with Crippen molar-refractivity contribution in [3.8, 4) is 22.8 Å². The average Bonchev–Trinajstić information content (AvgIpc) is 4.10. The third-order valence-electron chi connectivity index (χ3n) is 14.3. The Balaban J connectivity index is 0.802. The number of hydrogen-bond acceptors (Lipinski definition) is 4. The van der Waals surface area contributed by atoms with Crippen LogP contribution in [0.5, 0.6) is 0 Å². The Bertz CT molecular complexity index is 4150. The number of H-pyrrole nitrogens is 2. The lowest BCUT2D eigenvalue weighted by Crippen LogP contribution is -2.10. The third kappa shape index (κ3) is 7.88. The molecule has 0 bridgehead atoms. The molecule has 0 radical (unpaired) electrons. The van der Waals surface area contributed by atoms with E-state index in [0.717, 1.165) is 112 Å². The van der Waals surface area contributed by atoms with Crippen LogP contribution in [0.2, 0.25) is 0 Å². The highest BCUT2D eigenvalue weighted by Crippen LogP contribution is 2.42. The molecule has 0 aliphatic carbocycles. The zero-order chi connectivity index (χ0) is 49.0. The van der Waals surface area contributed by atoms with Gasteiger partial charge >= 0.3 is 0 Å². The van der Waals surface area contributed by atoms with E-state index in [2.05, 4.69) is 250 Å². The summed E-state index contributed by atoms with van der Waals surface area (Å²) in [5.74, 6) is 1.72. The van der Waals surface area contributed by atoms with Crippen molar-refractivity contribution in [2.75, 3.05) is 9.80 Å². The summed E-state index contributed by atoms with van der Waals surface area (Å²) in [7, 11) is 0. The van der Waals surface area contributed by atoms with Gasteiger partial charge in [0.2, 0.25) is 0 Å². The highest BCUT2D eigenvalue weighted by Gasteiger charge is 2.18. The normalized spacial score (nSPS) is 11.7. The standard InChI is InChI=1S/C68H46N6/c1-3-13-49-41-55(35-29-47(49)11-1)73(56-36-30-48-12-2-4-14-50(48)42-56)53-31-25-45(26-32-53)23-24-46-27-33-54(34-28-46)74(57-37-39-59-51(43-57)15-9-17-61(59)67-69-63-19-5-6-20-64(63)70-67)58-38-40-60-52(44-58)16-10-18-62(60)68-71-65-21-7-8-22-66(65)72-68/h1-44H,(H,69,70)(H,71,72). The predicted octanol–water partition coefficient (Wildman–Crippen LogP) is 18.5. The molecule has 0 spiro atoms. The van der Waals surface area contributed by atoms with Gasteiger partial charge in [-0.2, -0.15) is 0 Å². The highest BCUT2D eigenvalue weighted by atomic mass is 15.1. The molecule has 0 fully saturated rings. The molecule has 0 saturated carbocycles. The largest absolute Gasteiger partial charge is 0.338 e. The topological polar surface area (TPSA) is 63.8 Å². The van der Waals surface area contributed by atoms with Crippen LogP contribution >= 0.6 is 0 Å². The zero-order valence-corrected chi connectivity index (χ0v) is 40.2. The van der Waals surface area contributed by atoms with Crippen LogP contribution in [0, 0.1) is 0 Å². The summed E-state index contributed by atoms with van der Waals surface area (Å²) in [5.41, 5.74) is 14.8. The molecule has 74 heavy (non-hydrogen) atoms. The minimum absolute atomic E-state index is 0.861. The number of rotatable bonds is 10. The maximum atomic E-state index is 4.97. The molecule has 14 rings (SSSR count). The van der Waals surface area contributed by atoms with Gasteiger partial charge in [-0.3, -0.25) is 0 Å². The van der Waals surface area contributed by atoms with Crippen molar-refractivity contribution in [3.05, 3.63) is 266 Å². The van der Waals surface area contributed by atoms with Crippen LogP contribution in [0.3, 0.4) is 0 Å². The van der Waals surface area contributed by atoms with Gasteiger partial charge in [0.05, 0.1) is 22.1 Å². The van der Waals surface area contributed by atoms with Crippen LogP contribution in [0.25, 0.3) is 100 Å². The second kappa shape index (κ2) is 18.0. The summed E-state index contributed by atoms with van der Waals surface area (Å²) < 4.78 is 0. The molecule has 12 aromatic carbocycles. The number of nitrogens with zero attached hydrogens (tertiary/aromatic N) is 4. The van der Waals surface area contributed by atoms with Gasteiger partial charge in [-0.25, -0.2) is 9.97 Å². The summed E-state index contributed by atoms with van der Waals surface area (Å²) in [4.78, 5) is 21.7. The van der Waals surface area contributed by atoms with Gasteiger partial charge in [-0.1, -0.05) is 170 Å². The van der Waals surface area contributed by atoms with E-state index >= 15 is 0 Å². The number of fused-ring (bicyclic) bond motifs is 6. The summed E-state index contributed by atoms with van der Waals surface area (Å²) in [5, 5.41) is 9.38. The first kappa shape index (κ1) is 42.8. The van der Waals surface area contributed by atoms with Crippen LogP contribution in [-0.2, 0) is 0 Å². The smallest absolute Gasteiger partial charge is 0.139 e. The Morgan fingerprint density at radius 2 is 0.635 bits per heavy atom. The van der Waals surface area contributed by atoms with Crippen molar-refractivity contribution in [2.45, 2.75) is 0 Å². The van der Waals surface area contributed by atoms with E-state index in [4.69, 9.17) is 9.97 Å². The molecule has 348 valence electrons. The van der Waals surface area contributed by atoms with Gasteiger partial charge in [0.25, 0.3) is 0 Å². The Morgan fingerprint density at radius 3 is 1.07 bits per heavy atom. The van der Waals surface area contributed by atoms with Gasteiger partial charge in [0, 0.05) is 45.3 Å². The number of anilines is 6. The van der Waals surface area contributed by atoms with Crippen molar-refractivity contribution in [1.29, 1.82) is 0 Å².